The van der Waals surface area contributed by atoms with Crippen molar-refractivity contribution in [1.29, 1.82) is 0 Å². The fraction of sp³-hybridized carbons (Fsp3) is 0.538. The van der Waals surface area contributed by atoms with Crippen LogP contribution >= 0.6 is 0 Å². The minimum absolute atomic E-state index is 0.149. The monoisotopic (exact) mass is 248 g/mol. The largest absolute Gasteiger partial charge is 0.360 e. The van der Waals surface area contributed by atoms with Crippen LogP contribution in [0.1, 0.15) is 17.0 Å². The molecule has 1 aliphatic rings. The van der Waals surface area contributed by atoms with Gasteiger partial charge in [0.25, 0.3) is 0 Å². The van der Waals surface area contributed by atoms with E-state index in [4.69, 9.17) is 5.73 Å². The zero-order valence-corrected chi connectivity index (χ0v) is 11.2. The zero-order chi connectivity index (χ0) is 13.3. The molecule has 1 amide bonds. The first-order valence-electron chi connectivity index (χ1n) is 6.19. The highest BCUT2D eigenvalue weighted by Crippen LogP contribution is 2.24. The molecule has 1 aromatic rings. The van der Waals surface area contributed by atoms with E-state index in [1.807, 2.05) is 27.0 Å². The van der Waals surface area contributed by atoms with Crippen molar-refractivity contribution in [3.05, 3.63) is 23.0 Å². The number of hydrogen-bond donors (Lipinski definition) is 1. The van der Waals surface area contributed by atoms with Gasteiger partial charge in [-0.1, -0.05) is 0 Å². The Balaban J connectivity index is 2.35. The molecule has 0 saturated carbocycles. The molecule has 0 aliphatic carbocycles. The molecule has 2 rings (SSSR count). The molecule has 0 radical (unpaired) electrons. The van der Waals surface area contributed by atoms with Gasteiger partial charge in [0.2, 0.25) is 5.91 Å². The topological polar surface area (TPSA) is 62.5 Å². The van der Waals surface area contributed by atoms with E-state index in [1.165, 1.54) is 0 Å². The average molecular weight is 248 g/mol. The van der Waals surface area contributed by atoms with Crippen molar-refractivity contribution in [3.63, 3.8) is 0 Å². The van der Waals surface area contributed by atoms with E-state index in [0.717, 1.165) is 35.7 Å². The number of pyridine rings is 1. The SMILES string of the molecule is Cc1cc(N2CCN(C)C(=O)C2)c(CN)c(C)n1. The second-order valence-corrected chi connectivity index (χ2v) is 4.79. The molecule has 1 aromatic heterocycles. The van der Waals surface area contributed by atoms with Crippen LogP contribution in [0.2, 0.25) is 0 Å². The molecule has 0 unspecified atom stereocenters. The van der Waals surface area contributed by atoms with E-state index in [9.17, 15) is 4.79 Å². The standard InChI is InChI=1S/C13H20N4O/c1-9-6-12(11(7-14)10(2)15-9)17-5-4-16(3)13(18)8-17/h6H,4-5,7-8,14H2,1-3H3. The first kappa shape index (κ1) is 12.8. The Hall–Kier alpha value is -1.62. The molecule has 5 nitrogen and oxygen atoms in total. The minimum Gasteiger partial charge on any atom is -0.360 e. The number of aryl methyl sites for hydroxylation is 2. The smallest absolute Gasteiger partial charge is 0.241 e. The third kappa shape index (κ3) is 2.31. The number of nitrogens with two attached hydrogens (primary N) is 1. The minimum atomic E-state index is 0.149. The summed E-state index contributed by atoms with van der Waals surface area (Å²) in [6.45, 7) is 6.41. The third-order valence-electron chi connectivity index (χ3n) is 3.44. The van der Waals surface area contributed by atoms with E-state index < -0.39 is 0 Å². The van der Waals surface area contributed by atoms with Crippen molar-refractivity contribution in [2.24, 2.45) is 5.73 Å². The molecular weight excluding hydrogens is 228 g/mol. The maximum Gasteiger partial charge on any atom is 0.241 e. The zero-order valence-electron chi connectivity index (χ0n) is 11.2. The molecule has 0 aromatic carbocycles. The summed E-state index contributed by atoms with van der Waals surface area (Å²) < 4.78 is 0. The van der Waals surface area contributed by atoms with Gasteiger partial charge in [-0.05, 0) is 19.9 Å². The van der Waals surface area contributed by atoms with Crippen LogP contribution in [0.15, 0.2) is 6.07 Å². The first-order chi connectivity index (χ1) is 8.52. The average Bonchev–Trinajstić information content (AvgIpc) is 2.32. The number of anilines is 1. The lowest BCUT2D eigenvalue weighted by molar-refractivity contribution is -0.129. The number of piperazine rings is 1. The molecule has 1 saturated heterocycles. The van der Waals surface area contributed by atoms with Gasteiger partial charge in [0.05, 0.1) is 6.54 Å². The predicted molar refractivity (Wildman–Crippen MR) is 71.5 cm³/mol. The highest BCUT2D eigenvalue weighted by atomic mass is 16.2. The lowest BCUT2D eigenvalue weighted by Crippen LogP contribution is -2.49. The third-order valence-corrected chi connectivity index (χ3v) is 3.44. The van der Waals surface area contributed by atoms with Gasteiger partial charge in [-0.25, -0.2) is 0 Å². The fourth-order valence-electron chi connectivity index (χ4n) is 2.33. The summed E-state index contributed by atoms with van der Waals surface area (Å²) in [5.41, 5.74) is 9.83. The molecule has 1 fully saturated rings. The second kappa shape index (κ2) is 4.94. The Labute approximate surface area is 108 Å². The number of nitrogens with zero attached hydrogens (tertiary/aromatic N) is 3. The molecule has 0 bridgehead atoms. The van der Waals surface area contributed by atoms with Crippen LogP contribution in [0, 0.1) is 13.8 Å². The summed E-state index contributed by atoms with van der Waals surface area (Å²) in [5, 5.41) is 0. The van der Waals surface area contributed by atoms with Gasteiger partial charge in [0.15, 0.2) is 0 Å². The molecule has 0 spiro atoms. The Morgan fingerprint density at radius 2 is 2.11 bits per heavy atom. The van der Waals surface area contributed by atoms with Gasteiger partial charge >= 0.3 is 0 Å². The summed E-state index contributed by atoms with van der Waals surface area (Å²) in [4.78, 5) is 20.1. The summed E-state index contributed by atoms with van der Waals surface area (Å²) in [5.74, 6) is 0.149. The molecule has 98 valence electrons. The summed E-state index contributed by atoms with van der Waals surface area (Å²) in [6, 6.07) is 2.02. The number of carbonyl (C=O) groups is 1. The number of carbonyl (C=O) groups excluding carboxylic acids is 1. The Morgan fingerprint density at radius 3 is 2.72 bits per heavy atom. The maximum absolute atomic E-state index is 11.8. The van der Waals surface area contributed by atoms with Crippen LogP contribution in [-0.2, 0) is 11.3 Å². The molecule has 2 N–H and O–H groups in total. The van der Waals surface area contributed by atoms with Gasteiger partial charge in [-0.15, -0.1) is 0 Å². The molecule has 5 heteroatoms. The highest BCUT2D eigenvalue weighted by Gasteiger charge is 2.23. The van der Waals surface area contributed by atoms with Crippen LogP contribution in [0.4, 0.5) is 5.69 Å². The van der Waals surface area contributed by atoms with Gasteiger partial charge in [0, 0.05) is 49.3 Å². The van der Waals surface area contributed by atoms with E-state index in [1.54, 1.807) is 4.90 Å². The lowest BCUT2D eigenvalue weighted by atomic mass is 10.1. The second-order valence-electron chi connectivity index (χ2n) is 4.79. The summed E-state index contributed by atoms with van der Waals surface area (Å²) in [6.07, 6.45) is 0. The van der Waals surface area contributed by atoms with Gasteiger partial charge in [0.1, 0.15) is 0 Å². The predicted octanol–water partition coefficient (Wildman–Crippen LogP) is 0.436. The van der Waals surface area contributed by atoms with E-state index >= 15 is 0 Å². The van der Waals surface area contributed by atoms with Gasteiger partial charge in [-0.3, -0.25) is 9.78 Å². The first-order valence-corrected chi connectivity index (χ1v) is 6.19. The number of aromatic nitrogens is 1. The molecule has 18 heavy (non-hydrogen) atoms. The fourth-order valence-corrected chi connectivity index (χ4v) is 2.33. The van der Waals surface area contributed by atoms with Gasteiger partial charge < -0.3 is 15.5 Å². The summed E-state index contributed by atoms with van der Waals surface area (Å²) in [7, 11) is 1.84. The Kier molecular flexibility index (Phi) is 3.52. The van der Waals surface area contributed by atoms with Crippen LogP contribution in [0.3, 0.4) is 0 Å². The van der Waals surface area contributed by atoms with Crippen LogP contribution in [0.5, 0.6) is 0 Å². The van der Waals surface area contributed by atoms with Crippen molar-refractivity contribution in [2.75, 3.05) is 31.6 Å². The van der Waals surface area contributed by atoms with E-state index in [2.05, 4.69) is 9.88 Å². The van der Waals surface area contributed by atoms with Crippen LogP contribution in [-0.4, -0.2) is 42.5 Å². The van der Waals surface area contributed by atoms with Crippen molar-refractivity contribution < 1.29 is 4.79 Å². The Bertz CT molecular complexity index is 472. The van der Waals surface area contributed by atoms with Crippen molar-refractivity contribution >= 4 is 11.6 Å². The van der Waals surface area contributed by atoms with Crippen LogP contribution in [0.25, 0.3) is 0 Å². The summed E-state index contributed by atoms with van der Waals surface area (Å²) >= 11 is 0. The Morgan fingerprint density at radius 1 is 1.39 bits per heavy atom. The number of likely N-dealkylation sites (N-methyl/N-ethyl adjacent to an activating group) is 1. The normalized spacial score (nSPS) is 16.3. The number of rotatable bonds is 2. The molecule has 0 atom stereocenters. The molecular formula is C13H20N4O. The van der Waals surface area contributed by atoms with Gasteiger partial charge in [-0.2, -0.15) is 0 Å². The molecule has 2 heterocycles. The van der Waals surface area contributed by atoms with Crippen LogP contribution < -0.4 is 10.6 Å². The maximum atomic E-state index is 11.8. The van der Waals surface area contributed by atoms with Crippen molar-refractivity contribution in [2.45, 2.75) is 20.4 Å². The van der Waals surface area contributed by atoms with Crippen molar-refractivity contribution in [3.8, 4) is 0 Å². The number of hydrogen-bond acceptors (Lipinski definition) is 4. The lowest BCUT2D eigenvalue weighted by Gasteiger charge is -2.35. The quantitative estimate of drug-likeness (QED) is 0.824. The van der Waals surface area contributed by atoms with Crippen molar-refractivity contribution in [1.82, 2.24) is 9.88 Å². The highest BCUT2D eigenvalue weighted by molar-refractivity contribution is 5.83. The molecule has 1 aliphatic heterocycles. The number of amides is 1. The van der Waals surface area contributed by atoms with E-state index in [0.29, 0.717) is 13.1 Å². The van der Waals surface area contributed by atoms with E-state index in [-0.39, 0.29) is 5.91 Å².